The maximum Gasteiger partial charge on any atom is 0.330 e. The summed E-state index contributed by atoms with van der Waals surface area (Å²) in [6, 6.07) is 0. The lowest BCUT2D eigenvalue weighted by atomic mass is 9.86. The monoisotopic (exact) mass is 885 g/mol. The Kier molecular flexibility index (Phi) is 22.3. The highest BCUT2D eigenvalue weighted by atomic mass is 16.7. The van der Waals surface area contributed by atoms with Crippen LogP contribution in [0.15, 0.2) is 58.2 Å². The molecule has 15 nitrogen and oxygen atoms in total. The molecule has 21 atom stereocenters. The van der Waals surface area contributed by atoms with Crippen LogP contribution < -0.4 is 0 Å². The number of carboxylic acid groups (broad SMARTS) is 1. The summed E-state index contributed by atoms with van der Waals surface area (Å²) in [7, 11) is 0. The van der Waals surface area contributed by atoms with Gasteiger partial charge in [-0.05, 0) is 76.7 Å². The Morgan fingerprint density at radius 1 is 0.532 bits per heavy atom. The molecule has 15 heteroatoms. The summed E-state index contributed by atoms with van der Waals surface area (Å²) in [5.74, 6) is -3.25. The van der Waals surface area contributed by atoms with E-state index in [2.05, 4.69) is 0 Å². The Balaban J connectivity index is 2.55. The first-order valence-corrected chi connectivity index (χ1v) is 22.1. The molecule has 2 saturated heterocycles. The van der Waals surface area contributed by atoms with Gasteiger partial charge >= 0.3 is 5.97 Å². The predicted octanol–water partition coefficient (Wildman–Crippen LogP) is 3.54. The molecule has 10 N–H and O–H groups in total. The molecule has 2 heterocycles. The summed E-state index contributed by atoms with van der Waals surface area (Å²) in [5, 5.41) is 107. The maximum absolute atomic E-state index is 11.8. The molecule has 2 aliphatic rings. The van der Waals surface area contributed by atoms with Crippen LogP contribution in [-0.4, -0.2) is 149 Å². The largest absolute Gasteiger partial charge is 0.478 e. The van der Waals surface area contributed by atoms with Gasteiger partial charge in [-0.2, -0.15) is 0 Å². The lowest BCUT2D eigenvalue weighted by molar-refractivity contribution is -0.303. The van der Waals surface area contributed by atoms with Crippen molar-refractivity contribution in [3.8, 4) is 0 Å². The molecular weight excluding hydrogens is 805 g/mol. The standard InChI is InChI=1S/C47H80O15/c1-15-21(2)34(48)22(3)16-23(4)35(49)24(5)17-25(6)36(50)26(7)18-27(8)43(61-46-41(55)39(53)37(51)32(13)59-46)28(9)19-29(10)44(30(11)20-31(12)45(57)58)62-47-42(56)40(54)38(52)33(14)60-47/h16-22,24,26,28,30,32-44,46-56H,15H2,1-14H3,(H,57,58)/b23-16+,25-17+,27-18+,29-19+,31-20+/t21?,22?,24?,26-,28-,30-,32-,33-,34?,35?,36+,37-,38-,39+,40+,41+,42+,43+,44+,46-,47-/m0/s1. The van der Waals surface area contributed by atoms with Gasteiger partial charge in [0, 0.05) is 35.2 Å². The smallest absolute Gasteiger partial charge is 0.330 e. The molecule has 0 radical (unpaired) electrons. The fourth-order valence-corrected chi connectivity index (χ4v) is 8.39. The molecule has 0 aromatic heterocycles. The Morgan fingerprint density at radius 2 is 0.871 bits per heavy atom. The van der Waals surface area contributed by atoms with Crippen molar-refractivity contribution in [2.24, 2.45) is 35.5 Å². The van der Waals surface area contributed by atoms with E-state index in [1.54, 1.807) is 33.8 Å². The second-order valence-corrected chi connectivity index (χ2v) is 18.3. The van der Waals surface area contributed by atoms with E-state index in [4.69, 9.17) is 18.9 Å². The zero-order valence-corrected chi connectivity index (χ0v) is 39.2. The fourth-order valence-electron chi connectivity index (χ4n) is 8.39. The van der Waals surface area contributed by atoms with Gasteiger partial charge in [0.05, 0.1) is 42.7 Å². The van der Waals surface area contributed by atoms with Crippen LogP contribution in [0.4, 0.5) is 0 Å². The Labute approximate surface area is 369 Å². The van der Waals surface area contributed by atoms with Crippen LogP contribution in [0.25, 0.3) is 0 Å². The van der Waals surface area contributed by atoms with Crippen LogP contribution in [0, 0.1) is 35.5 Å². The highest BCUT2D eigenvalue weighted by Gasteiger charge is 2.45. The first-order valence-electron chi connectivity index (χ1n) is 22.1. The summed E-state index contributed by atoms with van der Waals surface area (Å²) >= 11 is 0. The number of hydrogen-bond donors (Lipinski definition) is 10. The molecule has 0 aliphatic carbocycles. The van der Waals surface area contributed by atoms with E-state index in [-0.39, 0.29) is 23.3 Å². The number of hydrogen-bond acceptors (Lipinski definition) is 14. The zero-order chi connectivity index (χ0) is 47.7. The molecule has 0 aromatic carbocycles. The summed E-state index contributed by atoms with van der Waals surface area (Å²) < 4.78 is 24.3. The van der Waals surface area contributed by atoms with Crippen LogP contribution >= 0.6 is 0 Å². The first-order chi connectivity index (χ1) is 28.7. The lowest BCUT2D eigenvalue weighted by Crippen LogP contribution is -2.58. The van der Waals surface area contributed by atoms with E-state index in [9.17, 15) is 55.9 Å². The molecule has 2 fully saturated rings. The highest BCUT2D eigenvalue weighted by molar-refractivity contribution is 5.85. The molecule has 0 saturated carbocycles. The number of ether oxygens (including phenoxy) is 4. The van der Waals surface area contributed by atoms with E-state index in [1.165, 1.54) is 26.8 Å². The second kappa shape index (κ2) is 24.8. The maximum atomic E-state index is 11.8. The summed E-state index contributed by atoms with van der Waals surface area (Å²) in [5.41, 5.74) is 2.53. The van der Waals surface area contributed by atoms with Gasteiger partial charge in [0.2, 0.25) is 0 Å². The van der Waals surface area contributed by atoms with Crippen LogP contribution in [0.3, 0.4) is 0 Å². The van der Waals surface area contributed by atoms with Gasteiger partial charge in [0.1, 0.15) is 36.6 Å². The minimum Gasteiger partial charge on any atom is -0.478 e. The molecule has 0 aromatic rings. The van der Waals surface area contributed by atoms with Gasteiger partial charge in [0.25, 0.3) is 0 Å². The van der Waals surface area contributed by atoms with Crippen molar-refractivity contribution >= 4 is 5.97 Å². The van der Waals surface area contributed by atoms with Crippen molar-refractivity contribution in [3.05, 3.63) is 58.2 Å². The number of carboxylic acids is 1. The van der Waals surface area contributed by atoms with E-state index in [1.807, 2.05) is 66.7 Å². The quantitative estimate of drug-likeness (QED) is 0.0585. The molecule has 2 rings (SSSR count). The van der Waals surface area contributed by atoms with Crippen molar-refractivity contribution in [1.29, 1.82) is 0 Å². The third-order valence-electron chi connectivity index (χ3n) is 12.7. The van der Waals surface area contributed by atoms with Crippen molar-refractivity contribution < 1.29 is 74.8 Å². The van der Waals surface area contributed by atoms with E-state index < -0.39 is 116 Å². The van der Waals surface area contributed by atoms with Gasteiger partial charge in [-0.25, -0.2) is 4.79 Å². The molecule has 5 unspecified atom stereocenters. The summed E-state index contributed by atoms with van der Waals surface area (Å²) in [6.45, 7) is 24.7. The minimum absolute atomic E-state index is 0.0399. The molecule has 358 valence electrons. The molecule has 0 spiro atoms. The van der Waals surface area contributed by atoms with Gasteiger partial charge < -0.3 is 70.0 Å². The average molecular weight is 885 g/mol. The Bertz CT molecular complexity index is 1570. The number of rotatable bonds is 21. The van der Waals surface area contributed by atoms with Crippen molar-refractivity contribution in [3.63, 3.8) is 0 Å². The zero-order valence-electron chi connectivity index (χ0n) is 39.2. The van der Waals surface area contributed by atoms with Gasteiger partial charge in [-0.3, -0.25) is 0 Å². The SMILES string of the molecule is CCC(C)C(O)C(C)/C=C(\C)C(O)C(C)/C=C(\C)[C@@H](O)[C@@H](C)/C=C(\C)[C@@H](O[C@@H]1O[C@@H](C)[C@H](O)[C@@H](O)[C@H]1O)[C@@H](C)/C=C(\C)[C@@H](O[C@@H]1O[C@@H](C)[C@H](O)[C@@H](O)[C@H]1O)[C@@H](C)/C=C(\C)C(=O)O. The first kappa shape index (κ1) is 55.8. The average Bonchev–Trinajstić information content (AvgIpc) is 3.21. The Hall–Kier alpha value is -2.35. The van der Waals surface area contributed by atoms with E-state index >= 15 is 0 Å². The normalized spacial score (nSPS) is 34.0. The molecular formula is C47H80O15. The van der Waals surface area contributed by atoms with Crippen LogP contribution in [0.2, 0.25) is 0 Å². The van der Waals surface area contributed by atoms with Crippen LogP contribution in [0.5, 0.6) is 0 Å². The summed E-state index contributed by atoms with van der Waals surface area (Å²) in [4.78, 5) is 11.8. The molecule has 0 amide bonds. The van der Waals surface area contributed by atoms with E-state index in [0.29, 0.717) is 16.7 Å². The van der Waals surface area contributed by atoms with Crippen molar-refractivity contribution in [1.82, 2.24) is 0 Å². The third kappa shape index (κ3) is 14.8. The molecule has 2 aliphatic heterocycles. The van der Waals surface area contributed by atoms with Gasteiger partial charge in [-0.15, -0.1) is 0 Å². The summed E-state index contributed by atoms with van der Waals surface area (Å²) in [6.07, 6.45) is -8.25. The lowest BCUT2D eigenvalue weighted by Gasteiger charge is -2.42. The molecule has 0 bridgehead atoms. The number of aliphatic hydroxyl groups excluding tert-OH is 9. The van der Waals surface area contributed by atoms with Gasteiger partial charge in [0.15, 0.2) is 12.6 Å². The number of aliphatic carboxylic acids is 1. The number of carbonyl (C=O) groups is 1. The minimum atomic E-state index is -1.63. The molecule has 62 heavy (non-hydrogen) atoms. The number of aliphatic hydroxyl groups is 9. The predicted molar refractivity (Wildman–Crippen MR) is 234 cm³/mol. The van der Waals surface area contributed by atoms with Crippen molar-refractivity contribution in [2.45, 2.75) is 195 Å². The second-order valence-electron chi connectivity index (χ2n) is 18.3. The fraction of sp³-hybridized carbons (Fsp3) is 0.766. The van der Waals surface area contributed by atoms with E-state index in [0.717, 1.165) is 12.0 Å². The van der Waals surface area contributed by atoms with Crippen LogP contribution in [0.1, 0.15) is 103 Å². The van der Waals surface area contributed by atoms with Crippen molar-refractivity contribution in [2.75, 3.05) is 0 Å². The highest BCUT2D eigenvalue weighted by Crippen LogP contribution is 2.33. The van der Waals surface area contributed by atoms with Crippen LogP contribution in [-0.2, 0) is 23.7 Å². The Morgan fingerprint density at radius 3 is 1.24 bits per heavy atom. The topological polar surface area (TPSA) is 256 Å². The third-order valence-corrected chi connectivity index (χ3v) is 12.7. The van der Waals surface area contributed by atoms with Gasteiger partial charge in [-0.1, -0.05) is 85.3 Å².